The fourth-order valence-corrected chi connectivity index (χ4v) is 4.60. The Bertz CT molecular complexity index is 496. The van der Waals surface area contributed by atoms with Crippen LogP contribution in [0.1, 0.15) is 61.7 Å². The van der Waals surface area contributed by atoms with E-state index in [4.69, 9.17) is 0 Å². The third-order valence-electron chi connectivity index (χ3n) is 4.97. The van der Waals surface area contributed by atoms with Crippen LogP contribution < -0.4 is 5.32 Å². The number of carbonyl (C=O) groups is 1. The molecule has 1 atom stereocenters. The molecule has 2 aliphatic rings. The van der Waals surface area contributed by atoms with Crippen LogP contribution in [0.3, 0.4) is 0 Å². The average Bonchev–Trinajstić information content (AvgIpc) is 3.00. The molecule has 0 aromatic carbocycles. The van der Waals surface area contributed by atoms with Gasteiger partial charge in [0.1, 0.15) is 5.01 Å². The fraction of sp³-hybridized carbons (Fsp3) is 0.765. The van der Waals surface area contributed by atoms with Crippen molar-refractivity contribution in [2.24, 2.45) is 5.92 Å². The first-order chi connectivity index (χ1) is 10.7. The Hall–Kier alpha value is -0.940. The molecule has 0 saturated carbocycles. The highest BCUT2D eigenvalue weighted by atomic mass is 32.1. The van der Waals surface area contributed by atoms with Crippen molar-refractivity contribution in [3.63, 3.8) is 0 Å². The predicted octanol–water partition coefficient (Wildman–Crippen LogP) is 3.28. The lowest BCUT2D eigenvalue weighted by molar-refractivity contribution is -0.135. The van der Waals surface area contributed by atoms with Gasteiger partial charge in [-0.05, 0) is 64.5 Å². The Morgan fingerprint density at radius 2 is 2.18 bits per heavy atom. The molecule has 1 aromatic heterocycles. The van der Waals surface area contributed by atoms with Crippen molar-refractivity contribution in [1.29, 1.82) is 0 Å². The molecule has 2 aliphatic heterocycles. The van der Waals surface area contributed by atoms with Gasteiger partial charge in [0, 0.05) is 24.0 Å². The summed E-state index contributed by atoms with van der Waals surface area (Å²) >= 11 is 1.71. The van der Waals surface area contributed by atoms with E-state index < -0.39 is 0 Å². The Labute approximate surface area is 137 Å². The van der Waals surface area contributed by atoms with Crippen LogP contribution >= 0.6 is 11.3 Å². The topological polar surface area (TPSA) is 45.2 Å². The number of nitrogens with one attached hydrogen (secondary N) is 1. The van der Waals surface area contributed by atoms with Gasteiger partial charge in [-0.1, -0.05) is 0 Å². The second-order valence-electron chi connectivity index (χ2n) is 6.66. The maximum atomic E-state index is 12.7. The predicted molar refractivity (Wildman–Crippen MR) is 90.0 cm³/mol. The number of piperidine rings is 2. The molecule has 1 N–H and O–H groups in total. The molecule has 3 rings (SSSR count). The molecule has 0 spiro atoms. The number of carbonyl (C=O) groups excluding carboxylic acids is 1. The minimum atomic E-state index is 0.230. The molecule has 4 nitrogen and oxygen atoms in total. The van der Waals surface area contributed by atoms with Crippen LogP contribution in [0.15, 0.2) is 5.38 Å². The summed E-state index contributed by atoms with van der Waals surface area (Å²) in [5, 5.41) is 6.63. The van der Waals surface area contributed by atoms with Crippen LogP contribution in [-0.2, 0) is 4.79 Å². The van der Waals surface area contributed by atoms with Crippen LogP contribution in [0.25, 0.3) is 0 Å². The minimum Gasteiger partial charge on any atom is -0.333 e. The van der Waals surface area contributed by atoms with Crippen molar-refractivity contribution in [1.82, 2.24) is 15.2 Å². The van der Waals surface area contributed by atoms with E-state index in [2.05, 4.69) is 20.6 Å². The Kier molecular flexibility index (Phi) is 5.47. The normalized spacial score (nSPS) is 23.7. The standard InChI is InChI=1S/C17H27N3OS/c1-13-12-22-17(19-13)15-4-2-3-11-20(15)16(21)6-5-14-7-9-18-10-8-14/h12,14-15,18H,2-11H2,1H3. The largest absolute Gasteiger partial charge is 0.333 e. The average molecular weight is 321 g/mol. The van der Waals surface area contributed by atoms with Crippen LogP contribution in [0.5, 0.6) is 0 Å². The molecule has 5 heteroatoms. The van der Waals surface area contributed by atoms with Gasteiger partial charge < -0.3 is 10.2 Å². The van der Waals surface area contributed by atoms with Gasteiger partial charge >= 0.3 is 0 Å². The summed E-state index contributed by atoms with van der Waals surface area (Å²) in [6.07, 6.45) is 7.64. The zero-order valence-electron chi connectivity index (χ0n) is 13.5. The summed E-state index contributed by atoms with van der Waals surface area (Å²) < 4.78 is 0. The molecule has 0 bridgehead atoms. The summed E-state index contributed by atoms with van der Waals surface area (Å²) in [5.41, 5.74) is 1.08. The quantitative estimate of drug-likeness (QED) is 0.925. The second kappa shape index (κ2) is 7.55. The Morgan fingerprint density at radius 1 is 1.36 bits per heavy atom. The molecule has 22 heavy (non-hydrogen) atoms. The molecular formula is C17H27N3OS. The molecule has 0 aliphatic carbocycles. The SMILES string of the molecule is Cc1csc(C2CCCCN2C(=O)CCC2CCNCC2)n1. The van der Waals surface area contributed by atoms with Crippen molar-refractivity contribution in [3.8, 4) is 0 Å². The van der Waals surface area contributed by atoms with Gasteiger partial charge in [-0.25, -0.2) is 4.98 Å². The number of amides is 1. The van der Waals surface area contributed by atoms with Crippen LogP contribution in [0.2, 0.25) is 0 Å². The van der Waals surface area contributed by atoms with Gasteiger partial charge in [-0.3, -0.25) is 4.79 Å². The van der Waals surface area contributed by atoms with Gasteiger partial charge in [0.05, 0.1) is 6.04 Å². The number of hydrogen-bond acceptors (Lipinski definition) is 4. The van der Waals surface area contributed by atoms with E-state index in [1.807, 2.05) is 6.92 Å². The lowest BCUT2D eigenvalue weighted by atomic mass is 9.92. The number of thiazole rings is 1. The summed E-state index contributed by atoms with van der Waals surface area (Å²) in [5.74, 6) is 1.08. The van der Waals surface area contributed by atoms with E-state index in [1.165, 1.54) is 19.3 Å². The van der Waals surface area contributed by atoms with Crippen molar-refractivity contribution >= 4 is 17.2 Å². The molecule has 0 radical (unpaired) electrons. The van der Waals surface area contributed by atoms with Crippen molar-refractivity contribution < 1.29 is 4.79 Å². The molecule has 2 fully saturated rings. The molecular weight excluding hydrogens is 294 g/mol. The summed E-state index contributed by atoms with van der Waals surface area (Å²) in [6, 6.07) is 0.230. The number of nitrogens with zero attached hydrogens (tertiary/aromatic N) is 2. The van der Waals surface area contributed by atoms with Gasteiger partial charge in [-0.15, -0.1) is 11.3 Å². The van der Waals surface area contributed by atoms with E-state index in [1.54, 1.807) is 11.3 Å². The van der Waals surface area contributed by atoms with Gasteiger partial charge in [0.15, 0.2) is 0 Å². The smallest absolute Gasteiger partial charge is 0.223 e. The molecule has 3 heterocycles. The monoisotopic (exact) mass is 321 g/mol. The maximum Gasteiger partial charge on any atom is 0.223 e. The van der Waals surface area contributed by atoms with E-state index in [0.717, 1.165) is 55.5 Å². The number of likely N-dealkylation sites (tertiary alicyclic amines) is 1. The van der Waals surface area contributed by atoms with Gasteiger partial charge in [0.25, 0.3) is 0 Å². The highest BCUT2D eigenvalue weighted by Gasteiger charge is 2.30. The number of aromatic nitrogens is 1. The number of hydrogen-bond donors (Lipinski definition) is 1. The lowest BCUT2D eigenvalue weighted by Crippen LogP contribution is -2.38. The molecule has 2 saturated heterocycles. The zero-order valence-corrected chi connectivity index (χ0v) is 14.3. The first-order valence-corrected chi connectivity index (χ1v) is 9.54. The van der Waals surface area contributed by atoms with E-state index in [0.29, 0.717) is 12.3 Å². The minimum absolute atomic E-state index is 0.230. The lowest BCUT2D eigenvalue weighted by Gasteiger charge is -2.35. The van der Waals surface area contributed by atoms with Crippen LogP contribution in [0, 0.1) is 12.8 Å². The van der Waals surface area contributed by atoms with E-state index in [-0.39, 0.29) is 6.04 Å². The van der Waals surface area contributed by atoms with Gasteiger partial charge in [0.2, 0.25) is 5.91 Å². The van der Waals surface area contributed by atoms with Crippen molar-refractivity contribution in [2.45, 2.75) is 57.9 Å². The summed E-state index contributed by atoms with van der Waals surface area (Å²) in [6.45, 7) is 5.17. The molecule has 1 amide bonds. The van der Waals surface area contributed by atoms with E-state index >= 15 is 0 Å². The van der Waals surface area contributed by atoms with Crippen molar-refractivity contribution in [2.75, 3.05) is 19.6 Å². The maximum absolute atomic E-state index is 12.7. The third-order valence-corrected chi connectivity index (χ3v) is 6.03. The Morgan fingerprint density at radius 3 is 2.91 bits per heavy atom. The molecule has 122 valence electrons. The molecule has 1 aromatic rings. The summed E-state index contributed by atoms with van der Waals surface area (Å²) in [7, 11) is 0. The van der Waals surface area contributed by atoms with Crippen LogP contribution in [0.4, 0.5) is 0 Å². The van der Waals surface area contributed by atoms with Crippen LogP contribution in [-0.4, -0.2) is 35.4 Å². The second-order valence-corrected chi connectivity index (χ2v) is 7.55. The highest BCUT2D eigenvalue weighted by Crippen LogP contribution is 2.33. The summed E-state index contributed by atoms with van der Waals surface area (Å²) in [4.78, 5) is 19.5. The first kappa shape index (κ1) is 15.9. The molecule has 1 unspecified atom stereocenters. The first-order valence-electron chi connectivity index (χ1n) is 8.66. The van der Waals surface area contributed by atoms with E-state index in [9.17, 15) is 4.79 Å². The number of aryl methyl sites for hydroxylation is 1. The zero-order chi connectivity index (χ0) is 15.4. The third kappa shape index (κ3) is 3.87. The fourth-order valence-electron chi connectivity index (χ4n) is 3.65. The highest BCUT2D eigenvalue weighted by molar-refractivity contribution is 7.09. The number of rotatable bonds is 4. The Balaban J connectivity index is 1.58. The van der Waals surface area contributed by atoms with Crippen molar-refractivity contribution in [3.05, 3.63) is 16.1 Å². The van der Waals surface area contributed by atoms with Gasteiger partial charge in [-0.2, -0.15) is 0 Å².